The van der Waals surface area contributed by atoms with E-state index in [-0.39, 0.29) is 23.8 Å². The summed E-state index contributed by atoms with van der Waals surface area (Å²) in [5.41, 5.74) is 3.50. The van der Waals surface area contributed by atoms with Crippen molar-refractivity contribution in [2.75, 3.05) is 12.0 Å². The van der Waals surface area contributed by atoms with Crippen molar-refractivity contribution in [1.82, 2.24) is 20.2 Å². The number of aromatic amines is 1. The Bertz CT molecular complexity index is 1060. The first-order valence-electron chi connectivity index (χ1n) is 10.6. The second kappa shape index (κ2) is 9.14. The molecule has 0 saturated heterocycles. The van der Waals surface area contributed by atoms with Crippen molar-refractivity contribution in [2.45, 2.75) is 38.9 Å². The number of fused-ring (bicyclic) bond motifs is 2. The van der Waals surface area contributed by atoms with Gasteiger partial charge < -0.3 is 15.2 Å². The highest BCUT2D eigenvalue weighted by Gasteiger charge is 2.38. The maximum Gasteiger partial charge on any atom is 0.255 e. The summed E-state index contributed by atoms with van der Waals surface area (Å²) >= 11 is 1.73. The van der Waals surface area contributed by atoms with Gasteiger partial charge in [-0.1, -0.05) is 44.2 Å². The topological polar surface area (TPSA) is 78.1 Å². The van der Waals surface area contributed by atoms with E-state index in [9.17, 15) is 9.59 Å². The first-order chi connectivity index (χ1) is 15.0. The number of hydrogen-bond donors (Lipinski definition) is 2. The molecule has 2 heterocycles. The first-order valence-corrected chi connectivity index (χ1v) is 12.0. The molecular formula is C24H28N4O2S. The molecule has 0 bridgehead atoms. The fraction of sp³-hybridized carbons (Fsp3) is 0.375. The van der Waals surface area contributed by atoms with Crippen LogP contribution < -0.4 is 5.32 Å². The van der Waals surface area contributed by atoms with Crippen LogP contribution in [0.25, 0.3) is 11.0 Å². The molecule has 0 spiro atoms. The summed E-state index contributed by atoms with van der Waals surface area (Å²) in [6.07, 6.45) is 2.81. The van der Waals surface area contributed by atoms with Crippen molar-refractivity contribution in [2.24, 2.45) is 5.92 Å². The molecule has 3 aromatic rings. The van der Waals surface area contributed by atoms with Crippen molar-refractivity contribution >= 4 is 34.6 Å². The highest BCUT2D eigenvalue weighted by Crippen LogP contribution is 2.28. The lowest BCUT2D eigenvalue weighted by atomic mass is 10.0. The van der Waals surface area contributed by atoms with E-state index in [1.54, 1.807) is 16.7 Å². The van der Waals surface area contributed by atoms with Gasteiger partial charge in [-0.25, -0.2) is 4.98 Å². The number of nitrogens with zero attached hydrogens (tertiary/aromatic N) is 2. The van der Waals surface area contributed by atoms with Gasteiger partial charge in [0.15, 0.2) is 0 Å². The molecule has 31 heavy (non-hydrogen) atoms. The van der Waals surface area contributed by atoms with E-state index in [0.717, 1.165) is 34.6 Å². The Kier molecular flexibility index (Phi) is 6.32. The zero-order chi connectivity index (χ0) is 22.0. The fourth-order valence-corrected chi connectivity index (χ4v) is 4.68. The Morgan fingerprint density at radius 2 is 1.94 bits per heavy atom. The van der Waals surface area contributed by atoms with Crippen LogP contribution in [0.1, 0.15) is 48.1 Å². The number of aromatic nitrogens is 2. The van der Waals surface area contributed by atoms with E-state index in [1.165, 1.54) is 0 Å². The number of carbonyl (C=O) groups is 2. The summed E-state index contributed by atoms with van der Waals surface area (Å²) in [5, 5.41) is 3.19. The summed E-state index contributed by atoms with van der Waals surface area (Å²) < 4.78 is 0. The van der Waals surface area contributed by atoms with E-state index in [0.29, 0.717) is 12.1 Å². The third-order valence-corrected chi connectivity index (χ3v) is 6.39. The summed E-state index contributed by atoms with van der Waals surface area (Å²) in [4.78, 5) is 36.3. The van der Waals surface area contributed by atoms with Crippen molar-refractivity contribution in [1.29, 1.82) is 0 Å². The van der Waals surface area contributed by atoms with E-state index in [1.807, 2.05) is 62.4 Å². The standard InChI is InChI=1S/C24H28N4O2S/c1-15(2)21(28-14-16-8-4-5-9-17(16)24(28)30)23(29)27-20(12-13-31-3)22-25-18-10-6-7-11-19(18)26-22/h4-11,15,20-21H,12-14H2,1-3H3,(H,25,26)(H,27,29)/t20-,21-/m1/s1. The van der Waals surface area contributed by atoms with Gasteiger partial charge in [0.2, 0.25) is 5.91 Å². The lowest BCUT2D eigenvalue weighted by Crippen LogP contribution is -2.50. The molecule has 1 aliphatic heterocycles. The smallest absolute Gasteiger partial charge is 0.255 e. The molecular weight excluding hydrogens is 408 g/mol. The van der Waals surface area contributed by atoms with Crippen LogP contribution in [0.4, 0.5) is 0 Å². The maximum atomic E-state index is 13.5. The summed E-state index contributed by atoms with van der Waals surface area (Å²) in [5.74, 6) is 1.41. The Balaban J connectivity index is 1.58. The third kappa shape index (κ3) is 4.32. The van der Waals surface area contributed by atoms with Crippen LogP contribution in [0.3, 0.4) is 0 Å². The first kappa shape index (κ1) is 21.4. The molecule has 2 aromatic carbocycles. The molecule has 1 aromatic heterocycles. The number of carbonyl (C=O) groups excluding carboxylic acids is 2. The molecule has 2 N–H and O–H groups in total. The molecule has 0 radical (unpaired) electrons. The molecule has 4 rings (SSSR count). The van der Waals surface area contributed by atoms with E-state index >= 15 is 0 Å². The van der Waals surface area contributed by atoms with Crippen LogP contribution in [-0.2, 0) is 11.3 Å². The highest BCUT2D eigenvalue weighted by molar-refractivity contribution is 7.98. The molecule has 162 valence electrons. The average Bonchev–Trinajstić information content (AvgIpc) is 3.33. The van der Waals surface area contributed by atoms with Gasteiger partial charge in [0.1, 0.15) is 11.9 Å². The minimum atomic E-state index is -0.541. The molecule has 0 aliphatic carbocycles. The lowest BCUT2D eigenvalue weighted by molar-refractivity contribution is -0.128. The van der Waals surface area contributed by atoms with E-state index in [2.05, 4.69) is 16.6 Å². The fourth-order valence-electron chi connectivity index (χ4n) is 4.21. The van der Waals surface area contributed by atoms with E-state index in [4.69, 9.17) is 4.98 Å². The maximum absolute atomic E-state index is 13.5. The Morgan fingerprint density at radius 1 is 1.19 bits per heavy atom. The molecule has 1 aliphatic rings. The molecule has 2 amide bonds. The zero-order valence-electron chi connectivity index (χ0n) is 18.1. The van der Waals surface area contributed by atoms with Crippen LogP contribution >= 0.6 is 11.8 Å². The van der Waals surface area contributed by atoms with Crippen LogP contribution in [0.2, 0.25) is 0 Å². The molecule has 0 saturated carbocycles. The summed E-state index contributed by atoms with van der Waals surface area (Å²) in [6, 6.07) is 14.7. The predicted octanol–water partition coefficient (Wildman–Crippen LogP) is 4.15. The molecule has 6 nitrogen and oxygen atoms in total. The number of hydrogen-bond acceptors (Lipinski definition) is 4. The predicted molar refractivity (Wildman–Crippen MR) is 125 cm³/mol. The van der Waals surface area contributed by atoms with E-state index < -0.39 is 6.04 Å². The zero-order valence-corrected chi connectivity index (χ0v) is 18.9. The summed E-state index contributed by atoms with van der Waals surface area (Å²) in [7, 11) is 0. The number of thioether (sulfide) groups is 1. The normalized spacial score (nSPS) is 15.4. The molecule has 7 heteroatoms. The van der Waals surface area contributed by atoms with Crippen LogP contribution in [-0.4, -0.2) is 44.7 Å². The van der Waals surface area contributed by atoms with Crippen molar-refractivity contribution in [3.05, 3.63) is 65.5 Å². The van der Waals surface area contributed by atoms with Gasteiger partial charge in [0.05, 0.1) is 17.1 Å². The minimum Gasteiger partial charge on any atom is -0.344 e. The van der Waals surface area contributed by atoms with Gasteiger partial charge in [-0.3, -0.25) is 9.59 Å². The highest BCUT2D eigenvalue weighted by atomic mass is 32.2. The number of imidazole rings is 1. The van der Waals surface area contributed by atoms with Crippen LogP contribution in [0.5, 0.6) is 0 Å². The van der Waals surface area contributed by atoms with Gasteiger partial charge in [-0.15, -0.1) is 0 Å². The van der Waals surface area contributed by atoms with Gasteiger partial charge in [-0.05, 0) is 48.1 Å². The van der Waals surface area contributed by atoms with Gasteiger partial charge in [0.25, 0.3) is 5.91 Å². The van der Waals surface area contributed by atoms with Crippen molar-refractivity contribution < 1.29 is 9.59 Å². The Hall–Kier alpha value is -2.80. The SMILES string of the molecule is CSCC[C@@H](NC(=O)[C@@H](C(C)C)N1Cc2ccccc2C1=O)c1nc2ccccc2[nH]1. The second-order valence-electron chi connectivity index (χ2n) is 8.26. The number of benzene rings is 2. The third-order valence-electron chi connectivity index (χ3n) is 5.75. The van der Waals surface area contributed by atoms with Crippen LogP contribution in [0, 0.1) is 5.92 Å². The van der Waals surface area contributed by atoms with Gasteiger partial charge in [0, 0.05) is 12.1 Å². The van der Waals surface area contributed by atoms with Gasteiger partial charge >= 0.3 is 0 Å². The van der Waals surface area contributed by atoms with Gasteiger partial charge in [-0.2, -0.15) is 11.8 Å². The lowest BCUT2D eigenvalue weighted by Gasteiger charge is -2.31. The van der Waals surface area contributed by atoms with Crippen molar-refractivity contribution in [3.63, 3.8) is 0 Å². The molecule has 0 fully saturated rings. The average molecular weight is 437 g/mol. The van der Waals surface area contributed by atoms with Crippen LogP contribution in [0.15, 0.2) is 48.5 Å². The second-order valence-corrected chi connectivity index (χ2v) is 9.25. The monoisotopic (exact) mass is 436 g/mol. The number of rotatable bonds is 8. The quantitative estimate of drug-likeness (QED) is 0.556. The summed E-state index contributed by atoms with van der Waals surface area (Å²) in [6.45, 7) is 4.43. The number of amides is 2. The number of H-pyrrole nitrogens is 1. The minimum absolute atomic E-state index is 0.0184. The number of nitrogens with one attached hydrogen (secondary N) is 2. The number of para-hydroxylation sites is 2. The largest absolute Gasteiger partial charge is 0.344 e. The molecule has 2 atom stereocenters. The molecule has 0 unspecified atom stereocenters. The Labute approximate surface area is 186 Å². The van der Waals surface area contributed by atoms with Crippen molar-refractivity contribution in [3.8, 4) is 0 Å². The Morgan fingerprint density at radius 3 is 2.65 bits per heavy atom.